The Morgan fingerprint density at radius 1 is 1.11 bits per heavy atom. The van der Waals surface area contributed by atoms with Crippen molar-refractivity contribution < 1.29 is 9.84 Å². The van der Waals surface area contributed by atoms with E-state index >= 15 is 0 Å². The molecule has 27 heavy (non-hydrogen) atoms. The Hall–Kier alpha value is -1.80. The van der Waals surface area contributed by atoms with Crippen LogP contribution < -0.4 is 15.4 Å². The number of hydrogen-bond acceptors (Lipinski definition) is 3. The fraction of sp³-hybridized carbons (Fsp3) is 0.381. The number of nitrogens with one attached hydrogen (secondary N) is 2. The van der Waals surface area contributed by atoms with Gasteiger partial charge in [0.15, 0.2) is 5.96 Å². The van der Waals surface area contributed by atoms with E-state index in [1.54, 1.807) is 0 Å². The van der Waals surface area contributed by atoms with Crippen LogP contribution in [0, 0.1) is 6.92 Å². The highest BCUT2D eigenvalue weighted by atomic mass is 127. The first-order valence-corrected chi connectivity index (χ1v) is 9.10. The summed E-state index contributed by atoms with van der Waals surface area (Å²) in [6.07, 6.45) is 0. The lowest BCUT2D eigenvalue weighted by molar-refractivity contribution is 0.268. The number of aliphatic imine (C=N–C) groups is 1. The highest BCUT2D eigenvalue weighted by Crippen LogP contribution is 2.15. The van der Waals surface area contributed by atoms with Gasteiger partial charge in [-0.25, -0.2) is 0 Å². The molecule has 1 atom stereocenters. The third kappa shape index (κ3) is 8.62. The topological polar surface area (TPSA) is 65.9 Å². The number of aryl methyl sites for hydroxylation is 1. The fourth-order valence-corrected chi connectivity index (χ4v) is 2.58. The zero-order chi connectivity index (χ0) is 18.6. The first-order valence-electron chi connectivity index (χ1n) is 9.10. The lowest BCUT2D eigenvalue weighted by Crippen LogP contribution is -2.39. The van der Waals surface area contributed by atoms with Crippen LogP contribution in [0.2, 0.25) is 0 Å². The Kier molecular flexibility index (Phi) is 11.5. The minimum atomic E-state index is -0.00444. The van der Waals surface area contributed by atoms with E-state index in [9.17, 15) is 5.11 Å². The number of aliphatic hydroxyl groups is 1. The van der Waals surface area contributed by atoms with Crippen molar-refractivity contribution in [2.75, 3.05) is 32.8 Å². The average molecular weight is 483 g/mol. The molecule has 0 aliphatic carbocycles. The van der Waals surface area contributed by atoms with Crippen molar-refractivity contribution in [3.8, 4) is 5.75 Å². The summed E-state index contributed by atoms with van der Waals surface area (Å²) >= 11 is 0. The summed E-state index contributed by atoms with van der Waals surface area (Å²) < 4.78 is 5.75. The number of halogens is 1. The maximum Gasteiger partial charge on any atom is 0.191 e. The third-order valence-corrected chi connectivity index (χ3v) is 3.96. The van der Waals surface area contributed by atoms with Gasteiger partial charge in [0.2, 0.25) is 0 Å². The fourth-order valence-electron chi connectivity index (χ4n) is 2.58. The summed E-state index contributed by atoms with van der Waals surface area (Å²) in [5.74, 6) is 1.60. The Morgan fingerprint density at radius 2 is 1.89 bits per heavy atom. The second kappa shape index (κ2) is 13.4. The standard InChI is InChI=1S/C21H29N3O2.HI/c1-3-22-21(23-12-13-26-20-11-7-8-17(2)14-20)24-15-19(16-25)18-9-5-4-6-10-18;/h4-11,14,19,25H,3,12-13,15-16H2,1-2H3,(H2,22,23,24);1H. The van der Waals surface area contributed by atoms with Crippen LogP contribution in [-0.2, 0) is 0 Å². The number of aliphatic hydroxyl groups excluding tert-OH is 1. The maximum atomic E-state index is 9.65. The lowest BCUT2D eigenvalue weighted by Gasteiger charge is -2.15. The maximum absolute atomic E-state index is 9.65. The highest BCUT2D eigenvalue weighted by Gasteiger charge is 2.09. The minimum Gasteiger partial charge on any atom is -0.492 e. The molecule has 148 valence electrons. The van der Waals surface area contributed by atoms with Gasteiger partial charge in [-0.2, -0.15) is 0 Å². The number of hydrogen-bond donors (Lipinski definition) is 3. The molecule has 0 aliphatic heterocycles. The molecule has 3 N–H and O–H groups in total. The molecule has 0 fully saturated rings. The Morgan fingerprint density at radius 3 is 2.56 bits per heavy atom. The molecule has 0 radical (unpaired) electrons. The van der Waals surface area contributed by atoms with Crippen molar-refractivity contribution in [3.63, 3.8) is 0 Å². The van der Waals surface area contributed by atoms with E-state index in [0.717, 1.165) is 23.8 Å². The zero-order valence-corrected chi connectivity index (χ0v) is 18.4. The van der Waals surface area contributed by atoms with E-state index in [0.29, 0.717) is 19.7 Å². The monoisotopic (exact) mass is 483 g/mol. The van der Waals surface area contributed by atoms with Crippen LogP contribution in [0.4, 0.5) is 0 Å². The molecule has 2 aromatic carbocycles. The van der Waals surface area contributed by atoms with Crippen LogP contribution in [0.5, 0.6) is 5.75 Å². The SMILES string of the molecule is CCNC(=NCC(CO)c1ccccc1)NCCOc1cccc(C)c1.I. The van der Waals surface area contributed by atoms with Crippen LogP contribution in [0.3, 0.4) is 0 Å². The number of nitrogens with zero attached hydrogens (tertiary/aromatic N) is 1. The van der Waals surface area contributed by atoms with E-state index in [1.807, 2.05) is 68.4 Å². The summed E-state index contributed by atoms with van der Waals surface area (Å²) in [4.78, 5) is 4.60. The zero-order valence-electron chi connectivity index (χ0n) is 16.0. The van der Waals surface area contributed by atoms with Gasteiger partial charge in [-0.15, -0.1) is 24.0 Å². The number of rotatable bonds is 9. The Bertz CT molecular complexity index is 680. The molecule has 1 unspecified atom stereocenters. The van der Waals surface area contributed by atoms with Gasteiger partial charge >= 0.3 is 0 Å². The second-order valence-electron chi connectivity index (χ2n) is 6.10. The van der Waals surface area contributed by atoms with E-state index in [2.05, 4.69) is 15.6 Å². The molecule has 0 saturated carbocycles. The van der Waals surface area contributed by atoms with Crippen LogP contribution in [0.25, 0.3) is 0 Å². The van der Waals surface area contributed by atoms with Crippen LogP contribution in [0.15, 0.2) is 59.6 Å². The molecule has 0 amide bonds. The molecule has 0 spiro atoms. The van der Waals surface area contributed by atoms with Gasteiger partial charge in [-0.1, -0.05) is 42.5 Å². The molecular weight excluding hydrogens is 453 g/mol. The van der Waals surface area contributed by atoms with Crippen molar-refractivity contribution in [3.05, 3.63) is 65.7 Å². The van der Waals surface area contributed by atoms with E-state index in [4.69, 9.17) is 4.74 Å². The molecule has 0 saturated heterocycles. The molecule has 5 nitrogen and oxygen atoms in total. The smallest absolute Gasteiger partial charge is 0.191 e. The molecule has 0 aromatic heterocycles. The highest BCUT2D eigenvalue weighted by molar-refractivity contribution is 14.0. The molecule has 0 aliphatic rings. The second-order valence-corrected chi connectivity index (χ2v) is 6.10. The minimum absolute atomic E-state index is 0. The van der Waals surface area contributed by atoms with Gasteiger partial charge < -0.3 is 20.5 Å². The van der Waals surface area contributed by atoms with Gasteiger partial charge in [0.1, 0.15) is 12.4 Å². The third-order valence-electron chi connectivity index (χ3n) is 3.96. The number of benzene rings is 2. The largest absolute Gasteiger partial charge is 0.492 e. The predicted molar refractivity (Wildman–Crippen MR) is 122 cm³/mol. The molecular formula is C21H30IN3O2. The van der Waals surface area contributed by atoms with Gasteiger partial charge in [0, 0.05) is 12.5 Å². The van der Waals surface area contributed by atoms with Gasteiger partial charge in [-0.05, 0) is 37.1 Å². The predicted octanol–water partition coefficient (Wildman–Crippen LogP) is 3.32. The summed E-state index contributed by atoms with van der Waals surface area (Å²) in [7, 11) is 0. The Labute approximate surface area is 179 Å². The molecule has 2 aromatic rings. The van der Waals surface area contributed by atoms with Crippen molar-refractivity contribution >= 4 is 29.9 Å². The van der Waals surface area contributed by atoms with Gasteiger partial charge in [0.05, 0.1) is 19.7 Å². The van der Waals surface area contributed by atoms with Crippen LogP contribution in [0.1, 0.15) is 24.0 Å². The van der Waals surface area contributed by atoms with Gasteiger partial charge in [0.25, 0.3) is 0 Å². The summed E-state index contributed by atoms with van der Waals surface area (Å²) in [6.45, 7) is 6.65. The van der Waals surface area contributed by atoms with E-state index < -0.39 is 0 Å². The van der Waals surface area contributed by atoms with Crippen LogP contribution >= 0.6 is 24.0 Å². The number of ether oxygens (including phenoxy) is 1. The Balaban J connectivity index is 0.00000364. The van der Waals surface area contributed by atoms with Crippen molar-refractivity contribution in [2.24, 2.45) is 4.99 Å². The van der Waals surface area contributed by atoms with Crippen LogP contribution in [-0.4, -0.2) is 43.9 Å². The van der Waals surface area contributed by atoms with Gasteiger partial charge in [-0.3, -0.25) is 4.99 Å². The quantitative estimate of drug-likeness (QED) is 0.222. The summed E-state index contributed by atoms with van der Waals surface area (Å²) in [5, 5.41) is 16.1. The van der Waals surface area contributed by atoms with E-state index in [-0.39, 0.29) is 36.5 Å². The van der Waals surface area contributed by atoms with Crippen molar-refractivity contribution in [1.82, 2.24) is 10.6 Å². The first-order chi connectivity index (χ1) is 12.7. The molecule has 0 bridgehead atoms. The molecule has 0 heterocycles. The first kappa shape index (κ1) is 23.2. The average Bonchev–Trinajstić information content (AvgIpc) is 2.66. The normalized spacial score (nSPS) is 12.0. The lowest BCUT2D eigenvalue weighted by atomic mass is 10.0. The summed E-state index contributed by atoms with van der Waals surface area (Å²) in [6, 6.07) is 18.0. The molecule has 6 heteroatoms. The summed E-state index contributed by atoms with van der Waals surface area (Å²) in [5.41, 5.74) is 2.28. The van der Waals surface area contributed by atoms with E-state index in [1.165, 1.54) is 5.56 Å². The molecule has 2 rings (SSSR count). The van der Waals surface area contributed by atoms with Crippen molar-refractivity contribution in [1.29, 1.82) is 0 Å². The number of guanidine groups is 1. The van der Waals surface area contributed by atoms with Crippen molar-refractivity contribution in [2.45, 2.75) is 19.8 Å².